The Morgan fingerprint density at radius 2 is 2.07 bits per heavy atom. The van der Waals surface area contributed by atoms with Crippen molar-refractivity contribution in [2.75, 3.05) is 20.6 Å². The normalized spacial score (nSPS) is 12.5. The molecule has 1 atom stereocenters. The Morgan fingerprint density at radius 3 is 2.74 bits per heavy atom. The van der Waals surface area contributed by atoms with E-state index in [-0.39, 0.29) is 34.2 Å². The third-order valence-corrected chi connectivity index (χ3v) is 4.86. The molecule has 0 saturated carbocycles. The molecule has 0 fully saturated rings. The van der Waals surface area contributed by atoms with E-state index in [2.05, 4.69) is 10.3 Å². The Hall–Kier alpha value is -2.64. The molecule has 0 radical (unpaired) electrons. The number of rotatable bonds is 5. The number of halogens is 1. The summed E-state index contributed by atoms with van der Waals surface area (Å²) in [4.78, 5) is 31.3. The average molecular weight is 389 g/mol. The number of carbonyl (C=O) groups excluding carboxylic acids is 1. The molecule has 0 aliphatic carbocycles. The highest BCUT2D eigenvalue weighted by Crippen LogP contribution is 2.26. The lowest BCUT2D eigenvalue weighted by Gasteiger charge is -2.26. The van der Waals surface area contributed by atoms with Crippen LogP contribution >= 0.6 is 11.6 Å². The number of nitrogens with zero attached hydrogens (tertiary/aromatic N) is 3. The first-order valence-corrected chi connectivity index (χ1v) is 8.82. The van der Waals surface area contributed by atoms with E-state index in [9.17, 15) is 9.59 Å². The summed E-state index contributed by atoms with van der Waals surface area (Å²) in [7, 11) is 5.41. The third kappa shape index (κ3) is 3.61. The van der Waals surface area contributed by atoms with Gasteiger partial charge in [0.05, 0.1) is 11.6 Å². The van der Waals surface area contributed by atoms with Crippen LogP contribution in [0.1, 0.15) is 27.7 Å². The van der Waals surface area contributed by atoms with Crippen molar-refractivity contribution in [2.24, 2.45) is 7.05 Å². The van der Waals surface area contributed by atoms with E-state index in [4.69, 9.17) is 16.0 Å². The van der Waals surface area contributed by atoms with Crippen LogP contribution in [0.2, 0.25) is 5.02 Å². The van der Waals surface area contributed by atoms with Crippen LogP contribution in [-0.4, -0.2) is 41.0 Å². The zero-order chi connectivity index (χ0) is 19.7. The number of hydrogen-bond donors (Lipinski definition) is 1. The van der Waals surface area contributed by atoms with Crippen LogP contribution in [0, 0.1) is 6.92 Å². The zero-order valence-electron chi connectivity index (χ0n) is 15.6. The van der Waals surface area contributed by atoms with Crippen molar-refractivity contribution >= 4 is 28.6 Å². The molecule has 2 heterocycles. The van der Waals surface area contributed by atoms with Gasteiger partial charge in [0.15, 0.2) is 0 Å². The van der Waals surface area contributed by atoms with Crippen LogP contribution in [0.15, 0.2) is 39.8 Å². The number of hydrogen-bond acceptors (Lipinski definition) is 5. The number of aromatic nitrogens is 2. The van der Waals surface area contributed by atoms with E-state index in [0.29, 0.717) is 17.3 Å². The van der Waals surface area contributed by atoms with Gasteiger partial charge in [0.2, 0.25) is 5.71 Å². The van der Waals surface area contributed by atoms with E-state index >= 15 is 0 Å². The van der Waals surface area contributed by atoms with Gasteiger partial charge in [0.25, 0.3) is 11.5 Å². The van der Waals surface area contributed by atoms with Gasteiger partial charge in [-0.25, -0.2) is 4.98 Å². The van der Waals surface area contributed by atoms with Crippen molar-refractivity contribution in [3.63, 3.8) is 0 Å². The van der Waals surface area contributed by atoms with Gasteiger partial charge in [-0.2, -0.15) is 0 Å². The molecule has 0 spiro atoms. The van der Waals surface area contributed by atoms with Gasteiger partial charge in [-0.3, -0.25) is 9.59 Å². The number of benzene rings is 1. The van der Waals surface area contributed by atoms with Crippen molar-refractivity contribution < 1.29 is 9.21 Å². The standard InChI is InChI=1S/C19H21ClN4O3/c1-11-15(16-18(27-11)22-10-24(4)19(16)26)17(25)21-9-14(23(2)3)12-7-5-6-8-13(12)20/h5-8,10,14H,9H2,1-4H3,(H,21,25)/t14-/m0/s1. The minimum Gasteiger partial charge on any atom is -0.442 e. The van der Waals surface area contributed by atoms with Crippen LogP contribution in [0.25, 0.3) is 11.1 Å². The van der Waals surface area contributed by atoms with Gasteiger partial charge >= 0.3 is 0 Å². The minimum atomic E-state index is -0.379. The first-order valence-electron chi connectivity index (χ1n) is 8.45. The summed E-state index contributed by atoms with van der Waals surface area (Å²) < 4.78 is 6.82. The molecule has 3 rings (SSSR count). The number of amides is 1. The first kappa shape index (κ1) is 19.1. The second-order valence-electron chi connectivity index (χ2n) is 6.58. The summed E-state index contributed by atoms with van der Waals surface area (Å²) in [5.41, 5.74) is 0.972. The summed E-state index contributed by atoms with van der Waals surface area (Å²) >= 11 is 6.31. The maximum absolute atomic E-state index is 12.8. The SMILES string of the molecule is Cc1oc2ncn(C)c(=O)c2c1C(=O)NC[C@@H](c1ccccc1Cl)N(C)C. The van der Waals surface area contributed by atoms with Crippen molar-refractivity contribution in [1.82, 2.24) is 19.8 Å². The highest BCUT2D eigenvalue weighted by molar-refractivity contribution is 6.31. The molecule has 142 valence electrons. The fourth-order valence-corrected chi connectivity index (χ4v) is 3.32. The lowest BCUT2D eigenvalue weighted by molar-refractivity contribution is 0.0941. The Kier molecular flexibility index (Phi) is 5.34. The fourth-order valence-electron chi connectivity index (χ4n) is 3.05. The molecule has 8 heteroatoms. The second kappa shape index (κ2) is 7.54. The predicted molar refractivity (Wildman–Crippen MR) is 104 cm³/mol. The Morgan fingerprint density at radius 1 is 1.37 bits per heavy atom. The van der Waals surface area contributed by atoms with Crippen molar-refractivity contribution in [3.8, 4) is 0 Å². The molecule has 7 nitrogen and oxygen atoms in total. The fraction of sp³-hybridized carbons (Fsp3) is 0.316. The minimum absolute atomic E-state index is 0.123. The quantitative estimate of drug-likeness (QED) is 0.726. The van der Waals surface area contributed by atoms with Crippen LogP contribution < -0.4 is 10.9 Å². The average Bonchev–Trinajstić information content (AvgIpc) is 2.96. The molecule has 27 heavy (non-hydrogen) atoms. The van der Waals surface area contributed by atoms with E-state index < -0.39 is 0 Å². The topological polar surface area (TPSA) is 80.4 Å². The molecule has 2 aromatic heterocycles. The molecule has 0 bridgehead atoms. The highest BCUT2D eigenvalue weighted by Gasteiger charge is 2.24. The van der Waals surface area contributed by atoms with Gasteiger partial charge in [-0.15, -0.1) is 0 Å². The van der Waals surface area contributed by atoms with E-state index in [1.807, 2.05) is 43.3 Å². The number of carbonyl (C=O) groups is 1. The van der Waals surface area contributed by atoms with Crippen LogP contribution in [-0.2, 0) is 7.05 Å². The smallest absolute Gasteiger partial charge is 0.265 e. The number of likely N-dealkylation sites (N-methyl/N-ethyl adjacent to an activating group) is 1. The van der Waals surface area contributed by atoms with E-state index in [1.165, 1.54) is 10.9 Å². The van der Waals surface area contributed by atoms with Crippen molar-refractivity contribution in [2.45, 2.75) is 13.0 Å². The number of aryl methyl sites for hydroxylation is 2. The lowest BCUT2D eigenvalue weighted by Crippen LogP contribution is -2.35. The summed E-state index contributed by atoms with van der Waals surface area (Å²) in [5.74, 6) is -0.0206. The third-order valence-electron chi connectivity index (χ3n) is 4.52. The van der Waals surface area contributed by atoms with Crippen LogP contribution in [0.5, 0.6) is 0 Å². The molecule has 0 aliphatic heterocycles. The summed E-state index contributed by atoms with van der Waals surface area (Å²) in [6, 6.07) is 7.39. The first-order chi connectivity index (χ1) is 12.8. The molecule has 1 N–H and O–H groups in total. The van der Waals surface area contributed by atoms with Crippen LogP contribution in [0.4, 0.5) is 0 Å². The van der Waals surface area contributed by atoms with Crippen molar-refractivity contribution in [3.05, 3.63) is 62.9 Å². The lowest BCUT2D eigenvalue weighted by atomic mass is 10.1. The highest BCUT2D eigenvalue weighted by atomic mass is 35.5. The molecule has 1 aromatic carbocycles. The van der Waals surface area contributed by atoms with Gasteiger partial charge in [-0.1, -0.05) is 29.8 Å². The number of furan rings is 1. The van der Waals surface area contributed by atoms with E-state index in [1.54, 1.807) is 14.0 Å². The molecule has 0 saturated heterocycles. The largest absolute Gasteiger partial charge is 0.442 e. The molecule has 1 amide bonds. The Bertz CT molecular complexity index is 1050. The molecule has 0 unspecified atom stereocenters. The van der Waals surface area contributed by atoms with Gasteiger partial charge < -0.3 is 19.2 Å². The van der Waals surface area contributed by atoms with Gasteiger partial charge in [0.1, 0.15) is 17.5 Å². The second-order valence-corrected chi connectivity index (χ2v) is 6.99. The molecular weight excluding hydrogens is 368 g/mol. The van der Waals surface area contributed by atoms with Crippen molar-refractivity contribution in [1.29, 1.82) is 0 Å². The summed E-state index contributed by atoms with van der Waals surface area (Å²) in [6.45, 7) is 1.97. The number of fused-ring (bicyclic) bond motifs is 1. The summed E-state index contributed by atoms with van der Waals surface area (Å²) in [5, 5.41) is 3.72. The maximum atomic E-state index is 12.8. The zero-order valence-corrected chi connectivity index (χ0v) is 16.4. The molecule has 0 aliphatic rings. The van der Waals surface area contributed by atoms with Gasteiger partial charge in [-0.05, 0) is 32.6 Å². The number of nitrogens with one attached hydrogen (secondary N) is 1. The Labute approximate surface area is 161 Å². The monoisotopic (exact) mass is 388 g/mol. The summed E-state index contributed by atoms with van der Waals surface area (Å²) in [6.07, 6.45) is 1.37. The molecule has 3 aromatic rings. The van der Waals surface area contributed by atoms with Gasteiger partial charge in [0, 0.05) is 18.6 Å². The van der Waals surface area contributed by atoms with E-state index in [0.717, 1.165) is 5.56 Å². The Balaban J connectivity index is 1.91. The molecular formula is C19H21ClN4O3. The predicted octanol–water partition coefficient (Wildman–Crippen LogP) is 2.52. The maximum Gasteiger partial charge on any atom is 0.265 e. The van der Waals surface area contributed by atoms with Crippen LogP contribution in [0.3, 0.4) is 0 Å².